The topological polar surface area (TPSA) is 76.1 Å². The van der Waals surface area contributed by atoms with Crippen LogP contribution in [0.2, 0.25) is 0 Å². The SMILES string of the molecule is CCCC(C(=O)N(CC)CC)C(C)c1cc(OCCc2ccccc2)cc(OCC(=O)O)c1. The van der Waals surface area contributed by atoms with Crippen LogP contribution in [-0.4, -0.2) is 48.2 Å². The Hall–Kier alpha value is -3.02. The van der Waals surface area contributed by atoms with Gasteiger partial charge in [-0.05, 0) is 49.4 Å². The molecule has 1 amide bonds. The van der Waals surface area contributed by atoms with Crippen molar-refractivity contribution in [3.05, 3.63) is 59.7 Å². The fourth-order valence-corrected chi connectivity index (χ4v) is 4.00. The predicted octanol–water partition coefficient (Wildman–Crippen LogP) is 5.16. The second-order valence-corrected chi connectivity index (χ2v) is 8.20. The van der Waals surface area contributed by atoms with Crippen molar-refractivity contribution in [1.82, 2.24) is 4.90 Å². The molecular formula is C27H37NO5. The minimum absolute atomic E-state index is 0.0668. The third-order valence-corrected chi connectivity index (χ3v) is 5.89. The van der Waals surface area contributed by atoms with Crippen LogP contribution in [0.15, 0.2) is 48.5 Å². The quantitative estimate of drug-likeness (QED) is 0.426. The Morgan fingerprint density at radius 3 is 2.18 bits per heavy atom. The Balaban J connectivity index is 2.27. The van der Waals surface area contributed by atoms with Crippen molar-refractivity contribution in [1.29, 1.82) is 0 Å². The summed E-state index contributed by atoms with van der Waals surface area (Å²) in [4.78, 5) is 26.1. The minimum atomic E-state index is -1.04. The largest absolute Gasteiger partial charge is 0.493 e. The van der Waals surface area contributed by atoms with E-state index in [0.29, 0.717) is 31.2 Å². The molecule has 6 heteroatoms. The highest BCUT2D eigenvalue weighted by molar-refractivity contribution is 5.80. The van der Waals surface area contributed by atoms with E-state index in [2.05, 4.69) is 19.1 Å². The number of nitrogens with zero attached hydrogens (tertiary/aromatic N) is 1. The lowest BCUT2D eigenvalue weighted by molar-refractivity contribution is -0.139. The number of ether oxygens (including phenoxy) is 2. The third-order valence-electron chi connectivity index (χ3n) is 5.89. The molecule has 0 fully saturated rings. The zero-order chi connectivity index (χ0) is 24.2. The zero-order valence-electron chi connectivity index (χ0n) is 20.3. The lowest BCUT2D eigenvalue weighted by atomic mass is 9.83. The summed E-state index contributed by atoms with van der Waals surface area (Å²) in [7, 11) is 0. The summed E-state index contributed by atoms with van der Waals surface area (Å²) in [6.45, 7) is 9.53. The number of carboxylic acids is 1. The van der Waals surface area contributed by atoms with Crippen LogP contribution in [0, 0.1) is 5.92 Å². The maximum atomic E-state index is 13.2. The highest BCUT2D eigenvalue weighted by Gasteiger charge is 2.29. The molecule has 0 saturated heterocycles. The van der Waals surface area contributed by atoms with Gasteiger partial charge in [0, 0.05) is 31.5 Å². The van der Waals surface area contributed by atoms with Gasteiger partial charge in [-0.2, -0.15) is 0 Å². The molecule has 0 aliphatic heterocycles. The van der Waals surface area contributed by atoms with Crippen molar-refractivity contribution in [3.8, 4) is 11.5 Å². The van der Waals surface area contributed by atoms with Gasteiger partial charge in [0.25, 0.3) is 0 Å². The van der Waals surface area contributed by atoms with Crippen molar-refractivity contribution in [2.75, 3.05) is 26.3 Å². The molecule has 0 aliphatic carbocycles. The molecular weight excluding hydrogens is 418 g/mol. The molecule has 180 valence electrons. The Labute approximate surface area is 197 Å². The van der Waals surface area contributed by atoms with E-state index < -0.39 is 12.6 Å². The second kappa shape index (κ2) is 13.5. The molecule has 1 N–H and O–H groups in total. The number of rotatable bonds is 14. The summed E-state index contributed by atoms with van der Waals surface area (Å²) in [5.74, 6) is -0.0776. The Bertz CT molecular complexity index is 879. The highest BCUT2D eigenvalue weighted by Crippen LogP contribution is 2.34. The molecule has 0 aliphatic rings. The van der Waals surface area contributed by atoms with Crippen molar-refractivity contribution < 1.29 is 24.2 Å². The lowest BCUT2D eigenvalue weighted by Crippen LogP contribution is -2.38. The van der Waals surface area contributed by atoms with E-state index in [9.17, 15) is 9.59 Å². The van der Waals surface area contributed by atoms with Gasteiger partial charge in [-0.1, -0.05) is 50.6 Å². The van der Waals surface area contributed by atoms with Crippen LogP contribution in [0.25, 0.3) is 0 Å². The summed E-state index contributed by atoms with van der Waals surface area (Å²) in [5, 5.41) is 9.03. The van der Waals surface area contributed by atoms with Crippen LogP contribution >= 0.6 is 0 Å². The van der Waals surface area contributed by atoms with E-state index in [1.807, 2.05) is 56.0 Å². The standard InChI is InChI=1S/C27H37NO5/c1-5-11-25(27(31)28(6-2)7-3)20(4)22-16-23(18-24(17-22)33-19-26(29)30)32-15-14-21-12-9-8-10-13-21/h8-10,12-13,16-18,20,25H,5-7,11,14-15,19H2,1-4H3,(H,29,30). The number of aliphatic carboxylic acids is 1. The fraction of sp³-hybridized carbons (Fsp3) is 0.481. The van der Waals surface area contributed by atoms with Crippen LogP contribution in [0.1, 0.15) is 57.6 Å². The van der Waals surface area contributed by atoms with Gasteiger partial charge in [-0.25, -0.2) is 4.79 Å². The maximum absolute atomic E-state index is 13.2. The fourth-order valence-electron chi connectivity index (χ4n) is 4.00. The van der Waals surface area contributed by atoms with Gasteiger partial charge in [0.2, 0.25) is 5.91 Å². The molecule has 2 unspecified atom stereocenters. The first-order chi connectivity index (χ1) is 15.9. The lowest BCUT2D eigenvalue weighted by Gasteiger charge is -2.29. The highest BCUT2D eigenvalue weighted by atomic mass is 16.5. The first kappa shape index (κ1) is 26.2. The van der Waals surface area contributed by atoms with E-state index in [1.165, 1.54) is 5.56 Å². The monoisotopic (exact) mass is 455 g/mol. The van der Waals surface area contributed by atoms with Crippen LogP contribution in [-0.2, 0) is 16.0 Å². The molecule has 2 aromatic carbocycles. The van der Waals surface area contributed by atoms with Gasteiger partial charge < -0.3 is 19.5 Å². The molecule has 0 saturated carbocycles. The third kappa shape index (κ3) is 8.12. The molecule has 0 radical (unpaired) electrons. The normalized spacial score (nSPS) is 12.6. The average Bonchev–Trinajstić information content (AvgIpc) is 2.82. The van der Waals surface area contributed by atoms with Gasteiger partial charge in [0.05, 0.1) is 6.61 Å². The zero-order valence-corrected chi connectivity index (χ0v) is 20.3. The molecule has 6 nitrogen and oxygen atoms in total. The van der Waals surface area contributed by atoms with Gasteiger partial charge in [0.1, 0.15) is 11.5 Å². The molecule has 2 aromatic rings. The van der Waals surface area contributed by atoms with Crippen molar-refractivity contribution in [3.63, 3.8) is 0 Å². The van der Waals surface area contributed by atoms with E-state index in [1.54, 1.807) is 6.07 Å². The van der Waals surface area contributed by atoms with Gasteiger partial charge in [0.15, 0.2) is 6.61 Å². The molecule has 0 bridgehead atoms. The van der Waals surface area contributed by atoms with Gasteiger partial charge >= 0.3 is 5.97 Å². The molecule has 0 heterocycles. The van der Waals surface area contributed by atoms with E-state index in [-0.39, 0.29) is 17.7 Å². The molecule has 0 spiro atoms. The first-order valence-corrected chi connectivity index (χ1v) is 11.8. The van der Waals surface area contributed by atoms with Gasteiger partial charge in [-0.3, -0.25) is 4.79 Å². The molecule has 33 heavy (non-hydrogen) atoms. The number of hydrogen-bond acceptors (Lipinski definition) is 4. The van der Waals surface area contributed by atoms with Crippen molar-refractivity contribution in [2.45, 2.75) is 52.9 Å². The Kier molecular flexibility index (Phi) is 10.7. The number of amides is 1. The maximum Gasteiger partial charge on any atom is 0.341 e. The number of benzene rings is 2. The van der Waals surface area contributed by atoms with E-state index in [4.69, 9.17) is 14.6 Å². The predicted molar refractivity (Wildman–Crippen MR) is 130 cm³/mol. The van der Waals surface area contributed by atoms with Crippen LogP contribution in [0.5, 0.6) is 11.5 Å². The summed E-state index contributed by atoms with van der Waals surface area (Å²) in [5.41, 5.74) is 2.09. The number of carboxylic acid groups (broad SMARTS) is 1. The summed E-state index contributed by atoms with van der Waals surface area (Å²) in [6, 6.07) is 15.6. The Morgan fingerprint density at radius 1 is 0.970 bits per heavy atom. The number of carbonyl (C=O) groups is 2. The number of carbonyl (C=O) groups excluding carboxylic acids is 1. The summed E-state index contributed by atoms with van der Waals surface area (Å²) in [6.07, 6.45) is 2.43. The van der Waals surface area contributed by atoms with E-state index >= 15 is 0 Å². The first-order valence-electron chi connectivity index (χ1n) is 11.8. The summed E-state index contributed by atoms with van der Waals surface area (Å²) < 4.78 is 11.5. The summed E-state index contributed by atoms with van der Waals surface area (Å²) >= 11 is 0. The molecule has 0 aromatic heterocycles. The van der Waals surface area contributed by atoms with Crippen LogP contribution in [0.3, 0.4) is 0 Å². The molecule has 2 atom stereocenters. The van der Waals surface area contributed by atoms with Crippen molar-refractivity contribution >= 4 is 11.9 Å². The van der Waals surface area contributed by atoms with Crippen LogP contribution < -0.4 is 9.47 Å². The minimum Gasteiger partial charge on any atom is -0.493 e. The van der Waals surface area contributed by atoms with Crippen molar-refractivity contribution in [2.24, 2.45) is 5.92 Å². The Morgan fingerprint density at radius 2 is 1.61 bits per heavy atom. The average molecular weight is 456 g/mol. The van der Waals surface area contributed by atoms with E-state index in [0.717, 1.165) is 24.8 Å². The second-order valence-electron chi connectivity index (χ2n) is 8.20. The van der Waals surface area contributed by atoms with Crippen LogP contribution in [0.4, 0.5) is 0 Å². The number of hydrogen-bond donors (Lipinski definition) is 1. The smallest absolute Gasteiger partial charge is 0.341 e. The van der Waals surface area contributed by atoms with Gasteiger partial charge in [-0.15, -0.1) is 0 Å². The molecule has 2 rings (SSSR count).